The maximum Gasteiger partial charge on any atom is 0.0616 e. The van der Waals surface area contributed by atoms with Crippen LogP contribution in [0.2, 0.25) is 0 Å². The highest BCUT2D eigenvalue weighted by Crippen LogP contribution is 2.38. The fourth-order valence-electron chi connectivity index (χ4n) is 3.17. The van der Waals surface area contributed by atoms with Gasteiger partial charge in [0.2, 0.25) is 0 Å². The van der Waals surface area contributed by atoms with Crippen molar-refractivity contribution in [2.75, 3.05) is 18.9 Å². The normalized spacial score (nSPS) is 26.7. The van der Waals surface area contributed by atoms with Gasteiger partial charge in [-0.05, 0) is 49.6 Å². The third kappa shape index (κ3) is 3.71. The van der Waals surface area contributed by atoms with Crippen molar-refractivity contribution in [3.05, 3.63) is 24.5 Å². The molecule has 2 unspecified atom stereocenters. The third-order valence-electron chi connectivity index (χ3n) is 4.15. The Kier molecular flexibility index (Phi) is 5.67. The first-order valence-corrected chi connectivity index (χ1v) is 8.18. The smallest absolute Gasteiger partial charge is 0.0616 e. The molecule has 2 rings (SSSR count). The van der Waals surface area contributed by atoms with E-state index in [1.165, 1.54) is 24.2 Å². The van der Waals surface area contributed by atoms with Crippen molar-refractivity contribution in [1.29, 1.82) is 0 Å². The topological polar surface area (TPSA) is 45.1 Å². The molecule has 1 aliphatic carbocycles. The molecule has 0 spiro atoms. The van der Waals surface area contributed by atoms with Gasteiger partial charge < -0.3 is 10.4 Å². The number of rotatable bonds is 7. The molecule has 0 aliphatic heterocycles. The molecule has 2 atom stereocenters. The summed E-state index contributed by atoms with van der Waals surface area (Å²) < 4.78 is 0. The number of likely N-dealkylation sites (N-methyl/N-ethyl adjacent to an activating group) is 1. The summed E-state index contributed by atoms with van der Waals surface area (Å²) in [5.74, 6) is 1.72. The second-order valence-electron chi connectivity index (χ2n) is 5.25. The second-order valence-corrected chi connectivity index (χ2v) is 6.42. The second kappa shape index (κ2) is 7.27. The fourth-order valence-corrected chi connectivity index (χ4v) is 4.12. The van der Waals surface area contributed by atoms with Crippen LogP contribution in [-0.4, -0.2) is 34.5 Å². The summed E-state index contributed by atoms with van der Waals surface area (Å²) >= 11 is 1.89. The van der Waals surface area contributed by atoms with Gasteiger partial charge in [0.25, 0.3) is 0 Å². The summed E-state index contributed by atoms with van der Waals surface area (Å²) in [6.07, 6.45) is 8.44. The SMILES string of the molecule is CCNC1(CO)CCCC1CCSc1ccncc1. The van der Waals surface area contributed by atoms with Gasteiger partial charge in [-0.15, -0.1) is 11.8 Å². The van der Waals surface area contributed by atoms with Gasteiger partial charge in [-0.1, -0.05) is 13.3 Å². The summed E-state index contributed by atoms with van der Waals surface area (Å²) in [5.41, 5.74) is -0.0203. The van der Waals surface area contributed by atoms with E-state index in [0.29, 0.717) is 5.92 Å². The van der Waals surface area contributed by atoms with Crippen molar-refractivity contribution in [3.8, 4) is 0 Å². The van der Waals surface area contributed by atoms with E-state index < -0.39 is 0 Å². The number of nitrogens with one attached hydrogen (secondary N) is 1. The number of nitrogens with zero attached hydrogens (tertiary/aromatic N) is 1. The van der Waals surface area contributed by atoms with Gasteiger partial charge >= 0.3 is 0 Å². The number of hydrogen-bond acceptors (Lipinski definition) is 4. The molecule has 1 aliphatic rings. The number of aromatic nitrogens is 1. The van der Waals surface area contributed by atoms with Gasteiger partial charge in [0.15, 0.2) is 0 Å². The molecular weight excluding hydrogens is 256 g/mol. The summed E-state index contributed by atoms with van der Waals surface area (Å²) in [6, 6.07) is 4.12. The number of aliphatic hydroxyl groups excluding tert-OH is 1. The first kappa shape index (κ1) is 14.8. The first-order valence-electron chi connectivity index (χ1n) is 7.19. The van der Waals surface area contributed by atoms with Gasteiger partial charge in [0.1, 0.15) is 0 Å². The minimum atomic E-state index is -0.0203. The van der Waals surface area contributed by atoms with Crippen molar-refractivity contribution in [2.45, 2.75) is 43.0 Å². The fraction of sp³-hybridized carbons (Fsp3) is 0.667. The van der Waals surface area contributed by atoms with Crippen molar-refractivity contribution >= 4 is 11.8 Å². The molecule has 0 aromatic carbocycles. The number of aliphatic hydroxyl groups is 1. The zero-order chi connectivity index (χ0) is 13.6. The molecule has 1 fully saturated rings. The maximum atomic E-state index is 9.76. The predicted molar refractivity (Wildman–Crippen MR) is 80.4 cm³/mol. The van der Waals surface area contributed by atoms with E-state index in [1.54, 1.807) is 0 Å². The van der Waals surface area contributed by atoms with Crippen LogP contribution in [0.25, 0.3) is 0 Å². The predicted octanol–water partition coefficient (Wildman–Crippen LogP) is 2.70. The lowest BCUT2D eigenvalue weighted by Gasteiger charge is -2.35. The summed E-state index contributed by atoms with van der Waals surface area (Å²) in [4.78, 5) is 5.32. The Morgan fingerprint density at radius 3 is 2.95 bits per heavy atom. The van der Waals surface area contributed by atoms with Crippen LogP contribution >= 0.6 is 11.8 Å². The average molecular weight is 280 g/mol. The van der Waals surface area contributed by atoms with Crippen LogP contribution in [0.3, 0.4) is 0 Å². The van der Waals surface area contributed by atoms with Gasteiger partial charge in [-0.3, -0.25) is 4.98 Å². The molecule has 0 saturated heterocycles. The molecule has 2 N–H and O–H groups in total. The van der Waals surface area contributed by atoms with Crippen LogP contribution < -0.4 is 5.32 Å². The molecule has 0 amide bonds. The summed E-state index contributed by atoms with van der Waals surface area (Å²) in [5, 5.41) is 13.3. The molecule has 1 aromatic rings. The molecule has 0 bridgehead atoms. The van der Waals surface area contributed by atoms with E-state index in [2.05, 4.69) is 29.4 Å². The van der Waals surface area contributed by atoms with Crippen LogP contribution in [0.1, 0.15) is 32.6 Å². The van der Waals surface area contributed by atoms with Gasteiger partial charge in [-0.2, -0.15) is 0 Å². The van der Waals surface area contributed by atoms with Crippen LogP contribution in [0.5, 0.6) is 0 Å². The molecular formula is C15H24N2OS. The van der Waals surface area contributed by atoms with Gasteiger partial charge in [0.05, 0.1) is 6.61 Å². The molecule has 106 valence electrons. The van der Waals surface area contributed by atoms with Crippen LogP contribution in [0.4, 0.5) is 0 Å². The van der Waals surface area contributed by atoms with Crippen LogP contribution in [-0.2, 0) is 0 Å². The molecule has 1 aromatic heterocycles. The van der Waals surface area contributed by atoms with Crippen molar-refractivity contribution < 1.29 is 5.11 Å². The largest absolute Gasteiger partial charge is 0.394 e. The zero-order valence-electron chi connectivity index (χ0n) is 11.6. The van der Waals surface area contributed by atoms with E-state index in [9.17, 15) is 5.11 Å². The van der Waals surface area contributed by atoms with Crippen molar-refractivity contribution in [2.24, 2.45) is 5.92 Å². The van der Waals surface area contributed by atoms with E-state index in [1.807, 2.05) is 24.2 Å². The Bertz CT molecular complexity index is 374. The molecule has 1 saturated carbocycles. The van der Waals surface area contributed by atoms with Crippen molar-refractivity contribution in [3.63, 3.8) is 0 Å². The highest BCUT2D eigenvalue weighted by molar-refractivity contribution is 7.99. The van der Waals surface area contributed by atoms with E-state index in [-0.39, 0.29) is 12.1 Å². The Balaban J connectivity index is 1.84. The Labute approximate surface area is 120 Å². The Morgan fingerprint density at radius 1 is 1.47 bits per heavy atom. The lowest BCUT2D eigenvalue weighted by atomic mass is 9.86. The van der Waals surface area contributed by atoms with Gasteiger partial charge in [-0.25, -0.2) is 0 Å². The molecule has 19 heavy (non-hydrogen) atoms. The lowest BCUT2D eigenvalue weighted by molar-refractivity contribution is 0.124. The van der Waals surface area contributed by atoms with Gasteiger partial charge in [0, 0.05) is 22.8 Å². The number of hydrogen-bond donors (Lipinski definition) is 2. The van der Waals surface area contributed by atoms with E-state index in [0.717, 1.165) is 18.7 Å². The molecule has 3 nitrogen and oxygen atoms in total. The zero-order valence-corrected chi connectivity index (χ0v) is 12.5. The van der Waals surface area contributed by atoms with Crippen LogP contribution in [0.15, 0.2) is 29.4 Å². The first-order chi connectivity index (χ1) is 9.30. The number of thioether (sulfide) groups is 1. The Hall–Kier alpha value is -0.580. The monoisotopic (exact) mass is 280 g/mol. The summed E-state index contributed by atoms with van der Waals surface area (Å²) in [6.45, 7) is 3.33. The molecule has 1 heterocycles. The average Bonchev–Trinajstić information content (AvgIpc) is 2.84. The minimum absolute atomic E-state index is 0.0203. The maximum absolute atomic E-state index is 9.76. The van der Waals surface area contributed by atoms with Crippen LogP contribution in [0, 0.1) is 5.92 Å². The van der Waals surface area contributed by atoms with Crippen molar-refractivity contribution in [1.82, 2.24) is 10.3 Å². The van der Waals surface area contributed by atoms with E-state index in [4.69, 9.17) is 0 Å². The summed E-state index contributed by atoms with van der Waals surface area (Å²) in [7, 11) is 0. The van der Waals surface area contributed by atoms with E-state index >= 15 is 0 Å². The number of pyridine rings is 1. The Morgan fingerprint density at radius 2 is 2.26 bits per heavy atom. The molecule has 0 radical (unpaired) electrons. The lowest BCUT2D eigenvalue weighted by Crippen LogP contribution is -2.51. The standard InChI is InChI=1S/C15H24N2OS/c1-2-17-15(12-18)8-3-4-13(15)7-11-19-14-5-9-16-10-6-14/h5-6,9-10,13,17-18H,2-4,7-8,11-12H2,1H3. The minimum Gasteiger partial charge on any atom is -0.394 e. The third-order valence-corrected chi connectivity index (χ3v) is 5.20. The quantitative estimate of drug-likeness (QED) is 0.754. The highest BCUT2D eigenvalue weighted by atomic mass is 32.2. The molecule has 4 heteroatoms. The highest BCUT2D eigenvalue weighted by Gasteiger charge is 2.40.